The molecule has 0 atom stereocenters. The SMILES string of the molecule is C1CC1.CCCC.CCCC.CCCC.[Sn]. The molecule has 0 N–H and O–H groups in total. The summed E-state index contributed by atoms with van der Waals surface area (Å²) >= 11 is 0. The Morgan fingerprint density at radius 1 is 0.438 bits per heavy atom. The quantitative estimate of drug-likeness (QED) is 0.538. The molecule has 0 aromatic carbocycles. The van der Waals surface area contributed by atoms with Crippen molar-refractivity contribution in [3.8, 4) is 0 Å². The molecule has 0 heterocycles. The monoisotopic (exact) mass is 336 g/mol. The molecule has 0 amide bonds. The van der Waals surface area contributed by atoms with Gasteiger partial charge in [0.1, 0.15) is 0 Å². The average Bonchev–Trinajstić information content (AvgIpc) is 3.17. The van der Waals surface area contributed by atoms with Crippen molar-refractivity contribution in [1.82, 2.24) is 0 Å². The van der Waals surface area contributed by atoms with Crippen LogP contribution < -0.4 is 0 Å². The Balaban J connectivity index is -0.0000000588. The third-order valence-corrected chi connectivity index (χ3v) is 1.85. The van der Waals surface area contributed by atoms with E-state index in [-0.39, 0.29) is 23.9 Å². The summed E-state index contributed by atoms with van der Waals surface area (Å²) in [6.07, 6.45) is 12.4. The zero-order chi connectivity index (χ0) is 12.4. The predicted molar refractivity (Wildman–Crippen MR) is 81.4 cm³/mol. The molecule has 0 aliphatic heterocycles. The number of rotatable bonds is 3. The van der Waals surface area contributed by atoms with Gasteiger partial charge < -0.3 is 0 Å². The Kier molecular flexibility index (Phi) is 57.6. The van der Waals surface area contributed by atoms with Gasteiger partial charge in [0.2, 0.25) is 0 Å². The van der Waals surface area contributed by atoms with Crippen molar-refractivity contribution in [2.45, 2.75) is 99.3 Å². The molecule has 1 rings (SSSR count). The molecule has 1 fully saturated rings. The smallest absolute Gasteiger partial charge is 0 e. The van der Waals surface area contributed by atoms with Gasteiger partial charge in [-0.3, -0.25) is 0 Å². The second-order valence-corrected chi connectivity index (χ2v) is 4.06. The van der Waals surface area contributed by atoms with Crippen molar-refractivity contribution in [1.29, 1.82) is 0 Å². The van der Waals surface area contributed by atoms with Gasteiger partial charge in [0.15, 0.2) is 0 Å². The van der Waals surface area contributed by atoms with E-state index in [0.29, 0.717) is 0 Å². The van der Waals surface area contributed by atoms with E-state index in [1.54, 1.807) is 0 Å². The number of hydrogen-bond acceptors (Lipinski definition) is 0. The van der Waals surface area contributed by atoms with Gasteiger partial charge in [-0.05, 0) is 0 Å². The van der Waals surface area contributed by atoms with Gasteiger partial charge >= 0.3 is 0 Å². The molecule has 0 aromatic rings. The van der Waals surface area contributed by atoms with E-state index in [1.165, 1.54) is 57.8 Å². The van der Waals surface area contributed by atoms with Crippen LogP contribution in [0.4, 0.5) is 0 Å². The van der Waals surface area contributed by atoms with Crippen LogP contribution in [0.1, 0.15) is 99.3 Å². The van der Waals surface area contributed by atoms with Crippen molar-refractivity contribution in [2.75, 3.05) is 0 Å². The number of unbranched alkanes of at least 4 members (excludes halogenated alkanes) is 3. The fourth-order valence-corrected chi connectivity index (χ4v) is 0. The van der Waals surface area contributed by atoms with E-state index in [0.717, 1.165) is 0 Å². The molecular formula is C15H36Sn. The first-order valence-corrected chi connectivity index (χ1v) is 7.24. The molecule has 1 heteroatoms. The van der Waals surface area contributed by atoms with E-state index < -0.39 is 0 Å². The molecule has 16 heavy (non-hydrogen) atoms. The molecule has 0 unspecified atom stereocenters. The van der Waals surface area contributed by atoms with E-state index in [4.69, 9.17) is 0 Å². The third-order valence-electron chi connectivity index (χ3n) is 1.85. The molecular weight excluding hydrogens is 299 g/mol. The molecule has 0 spiro atoms. The second kappa shape index (κ2) is 36.0. The summed E-state index contributed by atoms with van der Waals surface area (Å²) in [4.78, 5) is 0. The third kappa shape index (κ3) is 122. The van der Waals surface area contributed by atoms with Crippen molar-refractivity contribution >= 4 is 23.9 Å². The summed E-state index contributed by atoms with van der Waals surface area (Å²) < 4.78 is 0. The van der Waals surface area contributed by atoms with Gasteiger partial charge in [0, 0.05) is 23.9 Å². The molecule has 0 bridgehead atoms. The van der Waals surface area contributed by atoms with E-state index in [2.05, 4.69) is 41.5 Å². The van der Waals surface area contributed by atoms with Gasteiger partial charge in [0.25, 0.3) is 0 Å². The minimum Gasteiger partial charge on any atom is -0.0654 e. The normalized spacial score (nSPS) is 10.1. The van der Waals surface area contributed by atoms with Crippen molar-refractivity contribution in [2.24, 2.45) is 0 Å². The van der Waals surface area contributed by atoms with Crippen LogP contribution in [0.25, 0.3) is 0 Å². The first-order chi connectivity index (χ1) is 7.24. The molecule has 1 aliphatic rings. The van der Waals surface area contributed by atoms with Gasteiger partial charge in [-0.2, -0.15) is 0 Å². The Morgan fingerprint density at radius 3 is 0.562 bits per heavy atom. The molecule has 0 nitrogen and oxygen atoms in total. The van der Waals surface area contributed by atoms with Gasteiger partial charge in [-0.15, -0.1) is 0 Å². The fourth-order valence-electron chi connectivity index (χ4n) is 0. The molecule has 1 aliphatic carbocycles. The summed E-state index contributed by atoms with van der Waals surface area (Å²) in [5.41, 5.74) is 0. The average molecular weight is 335 g/mol. The Bertz CT molecular complexity index is 42.2. The maximum atomic E-state index is 2.18. The maximum absolute atomic E-state index is 2.18. The minimum atomic E-state index is 0. The summed E-state index contributed by atoms with van der Waals surface area (Å²) in [7, 11) is 0. The van der Waals surface area contributed by atoms with Crippen LogP contribution in [0.15, 0.2) is 0 Å². The van der Waals surface area contributed by atoms with Crippen molar-refractivity contribution in [3.05, 3.63) is 0 Å². The van der Waals surface area contributed by atoms with Crippen molar-refractivity contribution < 1.29 is 0 Å². The number of hydrogen-bond donors (Lipinski definition) is 0. The largest absolute Gasteiger partial charge is 0.0654 e. The summed E-state index contributed by atoms with van der Waals surface area (Å²) in [6.45, 7) is 13.1. The molecule has 100 valence electrons. The summed E-state index contributed by atoms with van der Waals surface area (Å²) in [5, 5.41) is 0. The Morgan fingerprint density at radius 2 is 0.562 bits per heavy atom. The van der Waals surface area contributed by atoms with Crippen LogP contribution in [0.3, 0.4) is 0 Å². The van der Waals surface area contributed by atoms with Crippen LogP contribution in [-0.2, 0) is 0 Å². The van der Waals surface area contributed by atoms with Crippen LogP contribution in [0.2, 0.25) is 0 Å². The van der Waals surface area contributed by atoms with Crippen LogP contribution in [0.5, 0.6) is 0 Å². The Labute approximate surface area is 123 Å². The molecule has 0 saturated heterocycles. The van der Waals surface area contributed by atoms with E-state index >= 15 is 0 Å². The van der Waals surface area contributed by atoms with Crippen LogP contribution in [-0.4, -0.2) is 23.9 Å². The van der Waals surface area contributed by atoms with Gasteiger partial charge in [0.05, 0.1) is 0 Å². The van der Waals surface area contributed by atoms with Gasteiger partial charge in [-0.25, -0.2) is 0 Å². The fraction of sp³-hybridized carbons (Fsp3) is 1.00. The summed E-state index contributed by atoms with van der Waals surface area (Å²) in [5.74, 6) is 0. The zero-order valence-electron chi connectivity index (χ0n) is 12.9. The van der Waals surface area contributed by atoms with E-state index in [9.17, 15) is 0 Å². The zero-order valence-corrected chi connectivity index (χ0v) is 15.7. The van der Waals surface area contributed by atoms with Crippen LogP contribution >= 0.6 is 0 Å². The van der Waals surface area contributed by atoms with E-state index in [1.807, 2.05) is 0 Å². The molecule has 0 aromatic heterocycles. The predicted octanol–water partition coefficient (Wildman–Crippen LogP) is 6.21. The molecule has 1 saturated carbocycles. The van der Waals surface area contributed by atoms with Gasteiger partial charge in [-0.1, -0.05) is 99.3 Å². The Hall–Kier alpha value is 0.799. The maximum Gasteiger partial charge on any atom is 0 e. The standard InChI is InChI=1S/3C4H10.C3H6.Sn/c3*1-3-4-2;1-2-3-1;/h3*3-4H2,1-2H3;1-3H2;. The first-order valence-electron chi connectivity index (χ1n) is 7.24. The first kappa shape index (κ1) is 25.6. The topological polar surface area (TPSA) is 0 Å². The van der Waals surface area contributed by atoms with Crippen molar-refractivity contribution in [3.63, 3.8) is 0 Å². The molecule has 4 radical (unpaired) electrons. The summed E-state index contributed by atoms with van der Waals surface area (Å²) in [6, 6.07) is 0. The minimum absolute atomic E-state index is 0. The van der Waals surface area contributed by atoms with Crippen LogP contribution in [0, 0.1) is 0 Å². The second-order valence-electron chi connectivity index (χ2n) is 4.06.